The highest BCUT2D eigenvalue weighted by Gasteiger charge is 2.80. The number of nitrogens with one attached hydrogen (secondary N) is 1. The number of hydrogen-bond acceptors (Lipinski definition) is 8. The van der Waals surface area contributed by atoms with Gasteiger partial charge in [0.05, 0.1) is 39.0 Å². The number of hydrazone groups is 1. The number of nitrogens with zero attached hydrogens (tertiary/aromatic N) is 6. The van der Waals surface area contributed by atoms with Crippen molar-refractivity contribution in [2.45, 2.75) is 68.8 Å². The molecule has 7 nitrogen and oxygen atoms in total. The van der Waals surface area contributed by atoms with Crippen molar-refractivity contribution in [2.75, 3.05) is 23.8 Å². The topological polar surface area (TPSA) is 70.7 Å². The fourth-order valence-electron chi connectivity index (χ4n) is 8.35. The van der Waals surface area contributed by atoms with Gasteiger partial charge >= 0.3 is 12.4 Å². The van der Waals surface area contributed by atoms with E-state index in [1.54, 1.807) is 12.3 Å². The minimum absolute atomic E-state index is 0.0347. The minimum Gasteiger partial charge on any atom is -0.313 e. The Kier molecular flexibility index (Phi) is 11.7. The van der Waals surface area contributed by atoms with Crippen LogP contribution in [0.4, 0.5) is 49.7 Å². The van der Waals surface area contributed by atoms with Gasteiger partial charge in [-0.15, -0.1) is 11.8 Å². The molecule has 2 fully saturated rings. The molecule has 3 aliphatic rings. The van der Waals surface area contributed by atoms with Gasteiger partial charge in [0.1, 0.15) is 35.6 Å². The lowest BCUT2D eigenvalue weighted by atomic mass is 9.90. The SMILES string of the molecule is CSNc1nn(CC(F)(F)F)c2c(-c3ccc(C#CC(C)(C)SC)nc3C(Cc3cc(F)cc(F)c3)/N=C/CN3N=C(C(F)(F)F)C4C5C(C)C5C(F)(F)C43)ccc(Cl)c12. The van der Waals surface area contributed by atoms with Crippen LogP contribution in [0.25, 0.3) is 22.0 Å². The molecule has 2 aliphatic carbocycles. The Morgan fingerprint density at radius 2 is 1.70 bits per heavy atom. The Hall–Kier alpha value is -4.15. The van der Waals surface area contributed by atoms with Gasteiger partial charge in [-0.25, -0.2) is 22.5 Å². The third-order valence-electron chi connectivity index (χ3n) is 11.0. The van der Waals surface area contributed by atoms with E-state index < -0.39 is 89.2 Å². The molecular formula is C40H36ClF10N7S2. The third-order valence-corrected chi connectivity index (χ3v) is 12.8. The molecule has 0 bridgehead atoms. The van der Waals surface area contributed by atoms with Gasteiger partial charge in [-0.1, -0.05) is 42.5 Å². The Balaban J connectivity index is 1.40. The Labute approximate surface area is 351 Å². The van der Waals surface area contributed by atoms with Crippen LogP contribution in [-0.2, 0) is 13.0 Å². The van der Waals surface area contributed by atoms with E-state index in [0.717, 1.165) is 35.0 Å². The molecule has 20 heteroatoms. The van der Waals surface area contributed by atoms with Gasteiger partial charge in [-0.3, -0.25) is 14.7 Å². The number of aliphatic imine (C=N–C) groups is 1. The predicted octanol–water partition coefficient (Wildman–Crippen LogP) is 10.9. The normalized spacial score (nSPS) is 22.8. The van der Waals surface area contributed by atoms with E-state index >= 15 is 8.78 Å². The molecule has 2 aromatic carbocycles. The molecule has 2 aromatic heterocycles. The molecule has 0 spiro atoms. The van der Waals surface area contributed by atoms with Crippen LogP contribution in [0.2, 0.25) is 5.02 Å². The van der Waals surface area contributed by atoms with Crippen molar-refractivity contribution < 1.29 is 43.9 Å². The number of thioether (sulfide) groups is 1. The van der Waals surface area contributed by atoms with E-state index in [9.17, 15) is 35.1 Å². The van der Waals surface area contributed by atoms with Crippen molar-refractivity contribution in [3.05, 3.63) is 76.1 Å². The van der Waals surface area contributed by atoms with E-state index in [1.807, 2.05) is 20.1 Å². The Morgan fingerprint density at radius 1 is 1.02 bits per heavy atom. The quantitative estimate of drug-likeness (QED) is 0.0700. The van der Waals surface area contributed by atoms with Gasteiger partial charge in [0.15, 0.2) is 5.82 Å². The van der Waals surface area contributed by atoms with Crippen LogP contribution < -0.4 is 4.72 Å². The van der Waals surface area contributed by atoms with Crippen LogP contribution in [0.1, 0.15) is 43.8 Å². The lowest BCUT2D eigenvalue weighted by molar-refractivity contribution is -0.141. The van der Waals surface area contributed by atoms with Crippen LogP contribution >= 0.6 is 35.3 Å². The summed E-state index contributed by atoms with van der Waals surface area (Å²) in [6.07, 6.45) is -5.42. The number of benzene rings is 2. The summed E-state index contributed by atoms with van der Waals surface area (Å²) in [5.41, 5.74) is -0.724. The average molecular weight is 904 g/mol. The molecule has 6 unspecified atom stereocenters. The molecule has 1 aliphatic heterocycles. The smallest absolute Gasteiger partial charge is 0.313 e. The van der Waals surface area contributed by atoms with Gasteiger partial charge in [0, 0.05) is 47.9 Å². The van der Waals surface area contributed by atoms with Crippen molar-refractivity contribution in [3.8, 4) is 23.0 Å². The third kappa shape index (κ3) is 8.52. The Morgan fingerprint density at radius 3 is 2.33 bits per heavy atom. The summed E-state index contributed by atoms with van der Waals surface area (Å²) >= 11 is 9.12. The van der Waals surface area contributed by atoms with Crippen LogP contribution in [0, 0.1) is 47.1 Å². The lowest BCUT2D eigenvalue weighted by Gasteiger charge is -2.30. The first-order valence-electron chi connectivity index (χ1n) is 18.5. The lowest BCUT2D eigenvalue weighted by Crippen LogP contribution is -2.47. The zero-order chi connectivity index (χ0) is 43.7. The summed E-state index contributed by atoms with van der Waals surface area (Å²) < 4.78 is 149. The first-order chi connectivity index (χ1) is 28.0. The van der Waals surface area contributed by atoms with E-state index in [2.05, 4.69) is 31.8 Å². The molecule has 0 saturated heterocycles. The number of rotatable bonds is 11. The largest absolute Gasteiger partial charge is 0.431 e. The first kappa shape index (κ1) is 43.9. The van der Waals surface area contributed by atoms with Crippen molar-refractivity contribution in [2.24, 2.45) is 33.8 Å². The molecule has 2 saturated carbocycles. The maximum absolute atomic E-state index is 15.7. The van der Waals surface area contributed by atoms with Crippen LogP contribution in [0.5, 0.6) is 0 Å². The first-order valence-corrected chi connectivity index (χ1v) is 21.3. The number of pyridine rings is 1. The number of halogens is 11. The maximum Gasteiger partial charge on any atom is 0.431 e. The number of hydrogen-bond donors (Lipinski definition) is 1. The van der Waals surface area contributed by atoms with Gasteiger partial charge < -0.3 is 4.72 Å². The highest BCUT2D eigenvalue weighted by atomic mass is 35.5. The van der Waals surface area contributed by atoms with Crippen molar-refractivity contribution >= 4 is 64.0 Å². The highest BCUT2D eigenvalue weighted by molar-refractivity contribution is 8.00. The fraction of sp³-hybridized carbons (Fsp3) is 0.450. The molecule has 3 heterocycles. The molecular weight excluding hydrogens is 868 g/mol. The summed E-state index contributed by atoms with van der Waals surface area (Å²) in [5, 5.41) is 8.74. The van der Waals surface area contributed by atoms with Crippen LogP contribution in [0.3, 0.4) is 0 Å². The van der Waals surface area contributed by atoms with Gasteiger partial charge in [-0.05, 0) is 73.8 Å². The van der Waals surface area contributed by atoms with Gasteiger partial charge in [0.2, 0.25) is 0 Å². The number of anilines is 1. The Bertz CT molecular complexity index is 2420. The van der Waals surface area contributed by atoms with Crippen LogP contribution in [0.15, 0.2) is 52.6 Å². The van der Waals surface area contributed by atoms with Gasteiger partial charge in [-0.2, -0.15) is 36.5 Å². The second-order valence-electron chi connectivity index (χ2n) is 15.4. The summed E-state index contributed by atoms with van der Waals surface area (Å²) in [6, 6.07) is 5.55. The molecule has 1 N–H and O–H groups in total. The highest BCUT2D eigenvalue weighted by Crippen LogP contribution is 2.70. The van der Waals surface area contributed by atoms with E-state index in [0.29, 0.717) is 11.1 Å². The van der Waals surface area contributed by atoms with Crippen molar-refractivity contribution in [3.63, 3.8) is 0 Å². The summed E-state index contributed by atoms with van der Waals surface area (Å²) in [5.74, 6) is -3.54. The molecule has 7 rings (SSSR count). The minimum atomic E-state index is -4.97. The summed E-state index contributed by atoms with van der Waals surface area (Å²) in [4.78, 5) is 9.41. The number of alkyl halides is 8. The summed E-state index contributed by atoms with van der Waals surface area (Å²) in [6.45, 7) is 3.10. The maximum atomic E-state index is 15.7. The summed E-state index contributed by atoms with van der Waals surface area (Å²) in [7, 11) is 0. The second kappa shape index (κ2) is 16.0. The van der Waals surface area contributed by atoms with Gasteiger partial charge in [0.25, 0.3) is 5.92 Å². The van der Waals surface area contributed by atoms with E-state index in [4.69, 9.17) is 16.6 Å². The van der Waals surface area contributed by atoms with Crippen LogP contribution in [-0.4, -0.2) is 79.8 Å². The second-order valence-corrected chi connectivity index (χ2v) is 17.8. The average Bonchev–Trinajstić information content (AvgIpc) is 3.37. The monoisotopic (exact) mass is 903 g/mol. The number of aromatic nitrogens is 3. The standard InChI is InChI=1S/C40H36ClF10N7S2/c1-19-28-30-34(40(49,50)51)54-57(35(30)39(47,48)31(19)28)13-12-52-27(16-20-14-21(42)17-22(43)15-20)32-24(7-6-23(53-32)10-11-37(2,3)59-4)25-8-9-26(41)29-33(25)58(18-38(44,45)46)55-36(29)56-60-5/h6-9,12,14-15,17,19,27-28,30-31,35H,13,16,18H2,1-5H3,(H,55,56)/b52-12+. The zero-order valence-electron chi connectivity index (χ0n) is 32.4. The molecule has 0 amide bonds. The van der Waals surface area contributed by atoms with E-state index in [-0.39, 0.29) is 56.2 Å². The molecule has 4 aromatic rings. The van der Waals surface area contributed by atoms with Crippen molar-refractivity contribution in [1.29, 1.82) is 0 Å². The molecule has 60 heavy (non-hydrogen) atoms. The predicted molar refractivity (Wildman–Crippen MR) is 215 cm³/mol. The van der Waals surface area contributed by atoms with Crippen molar-refractivity contribution in [1.82, 2.24) is 19.8 Å². The molecule has 6 atom stereocenters. The van der Waals surface area contributed by atoms with E-state index in [1.165, 1.54) is 36.9 Å². The molecule has 320 valence electrons. The fourth-order valence-corrected chi connectivity index (χ4v) is 9.09. The number of fused-ring (bicyclic) bond motifs is 4. The molecule has 0 radical (unpaired) electrons. The zero-order valence-corrected chi connectivity index (χ0v) is 34.8.